The van der Waals surface area contributed by atoms with Crippen LogP contribution in [0.25, 0.3) is 0 Å². The van der Waals surface area contributed by atoms with Crippen LogP contribution in [0.2, 0.25) is 0 Å². The quantitative estimate of drug-likeness (QED) is 0.846. The minimum Gasteiger partial charge on any atom is -0.444 e. The van der Waals surface area contributed by atoms with Crippen LogP contribution >= 0.6 is 0 Å². The van der Waals surface area contributed by atoms with Crippen LogP contribution in [0, 0.1) is 5.92 Å². The van der Waals surface area contributed by atoms with Gasteiger partial charge in [-0.2, -0.15) is 0 Å². The van der Waals surface area contributed by atoms with Crippen molar-refractivity contribution in [1.29, 1.82) is 0 Å². The molecule has 1 aliphatic rings. The van der Waals surface area contributed by atoms with Gasteiger partial charge in [-0.25, -0.2) is 4.79 Å². The van der Waals surface area contributed by atoms with Gasteiger partial charge in [0.25, 0.3) is 0 Å². The summed E-state index contributed by atoms with van der Waals surface area (Å²) < 4.78 is 11.2. The zero-order chi connectivity index (χ0) is 16.2. The number of likely N-dealkylation sites (tertiary alicyclic amines) is 1. The van der Waals surface area contributed by atoms with E-state index in [1.54, 1.807) is 12.0 Å². The first-order chi connectivity index (χ1) is 10.4. The first-order valence-corrected chi connectivity index (χ1v) is 7.96. The molecule has 4 heteroatoms. The summed E-state index contributed by atoms with van der Waals surface area (Å²) in [6.07, 6.45) is 1.76. The number of carbonyl (C=O) groups is 1. The molecule has 0 spiro atoms. The molecule has 4 nitrogen and oxygen atoms in total. The van der Waals surface area contributed by atoms with Gasteiger partial charge < -0.3 is 14.4 Å². The van der Waals surface area contributed by atoms with Gasteiger partial charge in [-0.3, -0.25) is 0 Å². The molecule has 0 bridgehead atoms. The van der Waals surface area contributed by atoms with Crippen LogP contribution in [0.5, 0.6) is 0 Å². The van der Waals surface area contributed by atoms with E-state index >= 15 is 0 Å². The molecule has 1 saturated heterocycles. The Labute approximate surface area is 133 Å². The molecule has 1 atom stereocenters. The topological polar surface area (TPSA) is 38.8 Å². The molecule has 1 fully saturated rings. The minimum atomic E-state index is -0.437. The van der Waals surface area contributed by atoms with E-state index in [1.165, 1.54) is 5.56 Å². The van der Waals surface area contributed by atoms with Crippen LogP contribution in [0.3, 0.4) is 0 Å². The molecule has 1 aliphatic heterocycles. The maximum atomic E-state index is 12.1. The normalized spacial score (nSPS) is 18.1. The van der Waals surface area contributed by atoms with Crippen LogP contribution in [-0.2, 0) is 9.47 Å². The third kappa shape index (κ3) is 4.47. The lowest BCUT2D eigenvalue weighted by atomic mass is 9.87. The lowest BCUT2D eigenvalue weighted by Gasteiger charge is -2.36. The van der Waals surface area contributed by atoms with Crippen LogP contribution in [0.1, 0.15) is 45.3 Å². The predicted octanol–water partition coefficient (Wildman–Crippen LogP) is 4.02. The second kappa shape index (κ2) is 7.14. The second-order valence-corrected chi connectivity index (χ2v) is 6.87. The van der Waals surface area contributed by atoms with Crippen molar-refractivity contribution in [1.82, 2.24) is 4.90 Å². The highest BCUT2D eigenvalue weighted by atomic mass is 16.6. The Kier molecular flexibility index (Phi) is 5.46. The van der Waals surface area contributed by atoms with E-state index < -0.39 is 5.60 Å². The molecule has 2 rings (SSSR count). The van der Waals surface area contributed by atoms with Crippen molar-refractivity contribution in [2.45, 2.75) is 45.3 Å². The zero-order valence-electron chi connectivity index (χ0n) is 14.0. The van der Waals surface area contributed by atoms with Crippen molar-refractivity contribution < 1.29 is 14.3 Å². The summed E-state index contributed by atoms with van der Waals surface area (Å²) in [5.41, 5.74) is 0.772. The maximum absolute atomic E-state index is 12.1. The Balaban J connectivity index is 1.92. The highest BCUT2D eigenvalue weighted by Gasteiger charge is 2.31. The lowest BCUT2D eigenvalue weighted by molar-refractivity contribution is -0.00231. The number of amides is 1. The number of methoxy groups -OCH3 is 1. The van der Waals surface area contributed by atoms with E-state index in [0.29, 0.717) is 5.92 Å². The van der Waals surface area contributed by atoms with Crippen molar-refractivity contribution in [3.8, 4) is 0 Å². The van der Waals surface area contributed by atoms with E-state index in [4.69, 9.17) is 9.47 Å². The van der Waals surface area contributed by atoms with Gasteiger partial charge in [0.05, 0.1) is 6.10 Å². The van der Waals surface area contributed by atoms with E-state index in [1.807, 2.05) is 39.0 Å². The van der Waals surface area contributed by atoms with Gasteiger partial charge in [-0.1, -0.05) is 30.3 Å². The molecular weight excluding hydrogens is 278 g/mol. The fourth-order valence-electron chi connectivity index (χ4n) is 2.95. The summed E-state index contributed by atoms with van der Waals surface area (Å²) in [6.45, 7) is 7.15. The summed E-state index contributed by atoms with van der Waals surface area (Å²) >= 11 is 0. The van der Waals surface area contributed by atoms with Gasteiger partial charge in [0.15, 0.2) is 0 Å². The molecule has 0 aromatic heterocycles. The molecular formula is C18H27NO3. The molecule has 1 unspecified atom stereocenters. The predicted molar refractivity (Wildman–Crippen MR) is 86.7 cm³/mol. The van der Waals surface area contributed by atoms with E-state index in [0.717, 1.165) is 25.9 Å². The zero-order valence-corrected chi connectivity index (χ0v) is 14.0. The van der Waals surface area contributed by atoms with Crippen LogP contribution in [-0.4, -0.2) is 36.8 Å². The van der Waals surface area contributed by atoms with Gasteiger partial charge in [-0.15, -0.1) is 0 Å². The maximum Gasteiger partial charge on any atom is 0.410 e. The number of nitrogens with zero attached hydrogens (tertiary/aromatic N) is 1. The van der Waals surface area contributed by atoms with Gasteiger partial charge >= 0.3 is 6.09 Å². The average Bonchev–Trinajstić information content (AvgIpc) is 2.48. The number of carbonyl (C=O) groups excluding carboxylic acids is 1. The van der Waals surface area contributed by atoms with Crippen molar-refractivity contribution in [2.75, 3.05) is 20.2 Å². The largest absolute Gasteiger partial charge is 0.444 e. The molecule has 1 amide bonds. The van der Waals surface area contributed by atoms with Crippen molar-refractivity contribution in [2.24, 2.45) is 5.92 Å². The van der Waals surface area contributed by atoms with Crippen LogP contribution < -0.4 is 0 Å². The monoisotopic (exact) mass is 305 g/mol. The Morgan fingerprint density at radius 2 is 1.77 bits per heavy atom. The molecule has 122 valence electrons. The van der Waals surface area contributed by atoms with Gasteiger partial charge in [0, 0.05) is 20.2 Å². The standard InChI is InChI=1S/C18H27NO3/c1-18(2,3)22-17(20)19-12-10-15(11-13-19)16(21-4)14-8-6-5-7-9-14/h5-9,15-16H,10-13H2,1-4H3. The fourth-order valence-corrected chi connectivity index (χ4v) is 2.95. The molecule has 1 aromatic carbocycles. The molecule has 0 N–H and O–H groups in total. The van der Waals surface area contributed by atoms with Crippen molar-refractivity contribution >= 4 is 6.09 Å². The molecule has 0 saturated carbocycles. The third-order valence-corrected chi connectivity index (χ3v) is 4.00. The average molecular weight is 305 g/mol. The summed E-state index contributed by atoms with van der Waals surface area (Å²) in [5, 5.41) is 0. The minimum absolute atomic E-state index is 0.0991. The van der Waals surface area contributed by atoms with Gasteiger partial charge in [0.2, 0.25) is 0 Å². The molecule has 0 aliphatic carbocycles. The number of rotatable bonds is 3. The molecule has 0 radical (unpaired) electrons. The van der Waals surface area contributed by atoms with E-state index in [-0.39, 0.29) is 12.2 Å². The van der Waals surface area contributed by atoms with Crippen molar-refractivity contribution in [3.05, 3.63) is 35.9 Å². The highest BCUT2D eigenvalue weighted by molar-refractivity contribution is 5.68. The summed E-state index contributed by atoms with van der Waals surface area (Å²) in [5.74, 6) is 0.436. The number of hydrogen-bond donors (Lipinski definition) is 0. The number of ether oxygens (including phenoxy) is 2. The van der Waals surface area contributed by atoms with Gasteiger partial charge in [0.1, 0.15) is 5.60 Å². The Morgan fingerprint density at radius 1 is 1.18 bits per heavy atom. The number of hydrogen-bond acceptors (Lipinski definition) is 3. The van der Waals surface area contributed by atoms with Crippen molar-refractivity contribution in [3.63, 3.8) is 0 Å². The SMILES string of the molecule is COC(c1ccccc1)C1CCN(C(=O)OC(C)(C)C)CC1. The Bertz CT molecular complexity index is 473. The highest BCUT2D eigenvalue weighted by Crippen LogP contribution is 2.33. The number of benzene rings is 1. The first kappa shape index (κ1) is 16.8. The second-order valence-electron chi connectivity index (χ2n) is 6.87. The molecule has 1 heterocycles. The van der Waals surface area contributed by atoms with Crippen LogP contribution in [0.15, 0.2) is 30.3 Å². The van der Waals surface area contributed by atoms with Crippen LogP contribution in [0.4, 0.5) is 4.79 Å². The summed E-state index contributed by atoms with van der Waals surface area (Å²) in [6, 6.07) is 10.3. The Hall–Kier alpha value is -1.55. The lowest BCUT2D eigenvalue weighted by Crippen LogP contribution is -2.42. The summed E-state index contributed by atoms with van der Waals surface area (Å²) in [4.78, 5) is 13.9. The van der Waals surface area contributed by atoms with E-state index in [2.05, 4.69) is 12.1 Å². The smallest absolute Gasteiger partial charge is 0.410 e. The third-order valence-electron chi connectivity index (χ3n) is 4.00. The molecule has 1 aromatic rings. The first-order valence-electron chi connectivity index (χ1n) is 7.96. The summed E-state index contributed by atoms with van der Waals surface area (Å²) in [7, 11) is 1.76. The van der Waals surface area contributed by atoms with E-state index in [9.17, 15) is 4.79 Å². The van der Waals surface area contributed by atoms with Gasteiger partial charge in [-0.05, 0) is 45.1 Å². The Morgan fingerprint density at radius 3 is 2.27 bits per heavy atom. The molecule has 22 heavy (non-hydrogen) atoms. The number of piperidine rings is 1. The fraction of sp³-hybridized carbons (Fsp3) is 0.611.